The maximum absolute atomic E-state index is 5.56. The predicted octanol–water partition coefficient (Wildman–Crippen LogP) is 1.02. The summed E-state index contributed by atoms with van der Waals surface area (Å²) in [5.41, 5.74) is 3.66. The van der Waals surface area contributed by atoms with E-state index >= 15 is 0 Å². The molecule has 0 saturated carbocycles. The van der Waals surface area contributed by atoms with Crippen LogP contribution in [-0.2, 0) is 13.6 Å². The maximum Gasteiger partial charge on any atom is 0.163 e. The van der Waals surface area contributed by atoms with Crippen LogP contribution < -0.4 is 11.3 Å². The summed E-state index contributed by atoms with van der Waals surface area (Å²) in [4.78, 5) is 11.6. The first kappa shape index (κ1) is 13.3. The molecule has 0 amide bonds. The number of nitrogens with two attached hydrogens (primary N) is 1. The fourth-order valence-electron chi connectivity index (χ4n) is 2.88. The molecule has 20 heavy (non-hydrogen) atoms. The van der Waals surface area contributed by atoms with Gasteiger partial charge in [-0.25, -0.2) is 15.8 Å². The van der Waals surface area contributed by atoms with E-state index in [-0.39, 0.29) is 5.54 Å². The smallest absolute Gasteiger partial charge is 0.163 e. The zero-order valence-corrected chi connectivity index (χ0v) is 12.2. The minimum atomic E-state index is 0.209. The van der Waals surface area contributed by atoms with Gasteiger partial charge in [-0.1, -0.05) is 0 Å². The van der Waals surface area contributed by atoms with Crippen molar-refractivity contribution in [2.24, 2.45) is 12.9 Å². The number of hydrazine groups is 1. The summed E-state index contributed by atoms with van der Waals surface area (Å²) in [5, 5.41) is 5.06. The van der Waals surface area contributed by atoms with Gasteiger partial charge in [-0.3, -0.25) is 9.58 Å². The molecular weight excluding hydrogens is 254 g/mol. The van der Waals surface area contributed by atoms with Gasteiger partial charge >= 0.3 is 0 Å². The zero-order valence-electron chi connectivity index (χ0n) is 12.2. The van der Waals surface area contributed by atoms with Gasteiger partial charge in [-0.15, -0.1) is 0 Å². The molecule has 1 aliphatic rings. The largest absolute Gasteiger partial charge is 0.308 e. The Labute approximate surface area is 118 Å². The topological polar surface area (TPSA) is 84.9 Å². The summed E-state index contributed by atoms with van der Waals surface area (Å²) in [6.45, 7) is 6.36. The Morgan fingerprint density at radius 3 is 2.85 bits per heavy atom. The molecule has 1 saturated heterocycles. The van der Waals surface area contributed by atoms with Crippen molar-refractivity contribution >= 4 is 16.9 Å². The fourth-order valence-corrected chi connectivity index (χ4v) is 2.88. The van der Waals surface area contributed by atoms with E-state index in [1.807, 2.05) is 7.05 Å². The molecule has 2 aromatic rings. The number of nitrogens with one attached hydrogen (secondary N) is 1. The number of nitrogen functional groups attached to an aromatic ring is 1. The van der Waals surface area contributed by atoms with Gasteiger partial charge in [-0.05, 0) is 33.2 Å². The first-order valence-electron chi connectivity index (χ1n) is 6.91. The summed E-state index contributed by atoms with van der Waals surface area (Å²) < 4.78 is 1.75. The molecule has 0 radical (unpaired) electrons. The van der Waals surface area contributed by atoms with Crippen molar-refractivity contribution in [3.8, 4) is 0 Å². The van der Waals surface area contributed by atoms with E-state index in [0.717, 1.165) is 29.9 Å². The van der Waals surface area contributed by atoms with Crippen LogP contribution in [0.4, 0.5) is 5.82 Å². The van der Waals surface area contributed by atoms with Crippen LogP contribution >= 0.6 is 0 Å². The van der Waals surface area contributed by atoms with Gasteiger partial charge in [-0.2, -0.15) is 5.10 Å². The molecule has 3 N–H and O–H groups in total. The Morgan fingerprint density at radius 2 is 2.20 bits per heavy atom. The molecule has 3 heterocycles. The van der Waals surface area contributed by atoms with Gasteiger partial charge in [0.05, 0.1) is 18.1 Å². The number of fused-ring (bicyclic) bond motifs is 1. The first-order valence-corrected chi connectivity index (χ1v) is 6.91. The highest BCUT2D eigenvalue weighted by molar-refractivity contribution is 5.86. The molecule has 1 fully saturated rings. The molecule has 0 aliphatic carbocycles. The molecule has 2 aromatic heterocycles. The number of rotatable bonds is 3. The molecule has 0 unspecified atom stereocenters. The second-order valence-corrected chi connectivity index (χ2v) is 5.98. The van der Waals surface area contributed by atoms with Crippen LogP contribution in [0.2, 0.25) is 0 Å². The minimum Gasteiger partial charge on any atom is -0.308 e. The van der Waals surface area contributed by atoms with E-state index in [1.54, 1.807) is 10.9 Å². The van der Waals surface area contributed by atoms with Gasteiger partial charge in [0.15, 0.2) is 11.5 Å². The van der Waals surface area contributed by atoms with Crippen molar-refractivity contribution < 1.29 is 0 Å². The summed E-state index contributed by atoms with van der Waals surface area (Å²) in [6.07, 6.45) is 4.17. The molecule has 0 aromatic carbocycles. The Balaban J connectivity index is 1.97. The Bertz CT molecular complexity index is 631. The lowest BCUT2D eigenvalue weighted by Crippen LogP contribution is -2.38. The van der Waals surface area contributed by atoms with Crippen LogP contribution in [0.25, 0.3) is 11.0 Å². The van der Waals surface area contributed by atoms with Crippen molar-refractivity contribution in [3.05, 3.63) is 12.0 Å². The van der Waals surface area contributed by atoms with Crippen LogP contribution in [0.3, 0.4) is 0 Å². The molecule has 0 bridgehead atoms. The van der Waals surface area contributed by atoms with Gasteiger partial charge in [0.25, 0.3) is 0 Å². The highest BCUT2D eigenvalue weighted by Gasteiger charge is 2.32. The van der Waals surface area contributed by atoms with Gasteiger partial charge in [0, 0.05) is 12.6 Å². The quantitative estimate of drug-likeness (QED) is 0.642. The number of aromatic nitrogens is 4. The van der Waals surface area contributed by atoms with E-state index in [1.165, 1.54) is 12.8 Å². The number of nitrogens with zero attached hydrogens (tertiary/aromatic N) is 5. The average molecular weight is 275 g/mol. The average Bonchev–Trinajstić information content (AvgIpc) is 2.93. The zero-order chi connectivity index (χ0) is 14.3. The molecule has 108 valence electrons. The normalized spacial score (nSPS) is 18.8. The second kappa shape index (κ2) is 4.68. The summed E-state index contributed by atoms with van der Waals surface area (Å²) >= 11 is 0. The third kappa shape index (κ3) is 2.12. The SMILES string of the molecule is Cn1ncc2c(NN)nc(CN3CCCC3(C)C)nc21. The van der Waals surface area contributed by atoms with Crippen LogP contribution in [0.15, 0.2) is 6.20 Å². The third-order valence-corrected chi connectivity index (χ3v) is 4.18. The number of hydrogen-bond donors (Lipinski definition) is 2. The Morgan fingerprint density at radius 1 is 1.40 bits per heavy atom. The van der Waals surface area contributed by atoms with Gasteiger partial charge in [0.2, 0.25) is 0 Å². The number of hydrogen-bond acceptors (Lipinski definition) is 6. The number of anilines is 1. The minimum absolute atomic E-state index is 0.209. The highest BCUT2D eigenvalue weighted by atomic mass is 15.3. The second-order valence-electron chi connectivity index (χ2n) is 5.98. The fraction of sp³-hybridized carbons (Fsp3) is 0.615. The van der Waals surface area contributed by atoms with Gasteiger partial charge < -0.3 is 5.43 Å². The van der Waals surface area contributed by atoms with Crippen molar-refractivity contribution in [3.63, 3.8) is 0 Å². The first-order chi connectivity index (χ1) is 9.51. The predicted molar refractivity (Wildman–Crippen MR) is 77.8 cm³/mol. The Hall–Kier alpha value is -1.73. The number of likely N-dealkylation sites (tertiary alicyclic amines) is 1. The van der Waals surface area contributed by atoms with Crippen molar-refractivity contribution in [2.45, 2.75) is 38.8 Å². The maximum atomic E-state index is 5.56. The summed E-state index contributed by atoms with van der Waals surface area (Å²) in [7, 11) is 1.87. The van der Waals surface area contributed by atoms with E-state index in [4.69, 9.17) is 5.84 Å². The van der Waals surface area contributed by atoms with Gasteiger partial charge in [0.1, 0.15) is 5.82 Å². The lowest BCUT2D eigenvalue weighted by atomic mass is 10.0. The van der Waals surface area contributed by atoms with Crippen LogP contribution in [0, 0.1) is 0 Å². The van der Waals surface area contributed by atoms with Crippen LogP contribution in [0.1, 0.15) is 32.5 Å². The van der Waals surface area contributed by atoms with E-state index in [2.05, 4.69) is 39.2 Å². The molecule has 1 aliphatic heterocycles. The number of aryl methyl sites for hydroxylation is 1. The lowest BCUT2D eigenvalue weighted by molar-refractivity contribution is 0.162. The molecule has 3 rings (SSSR count). The summed E-state index contributed by atoms with van der Waals surface area (Å²) in [6, 6.07) is 0. The monoisotopic (exact) mass is 275 g/mol. The van der Waals surface area contributed by atoms with Crippen LogP contribution in [0.5, 0.6) is 0 Å². The highest BCUT2D eigenvalue weighted by Crippen LogP contribution is 2.29. The van der Waals surface area contributed by atoms with Crippen molar-refractivity contribution in [1.29, 1.82) is 0 Å². The Kier molecular flexibility index (Phi) is 3.10. The molecule has 7 nitrogen and oxygen atoms in total. The van der Waals surface area contributed by atoms with E-state index in [0.29, 0.717) is 5.82 Å². The van der Waals surface area contributed by atoms with E-state index < -0.39 is 0 Å². The van der Waals surface area contributed by atoms with Crippen molar-refractivity contribution in [2.75, 3.05) is 12.0 Å². The van der Waals surface area contributed by atoms with Crippen LogP contribution in [-0.4, -0.2) is 36.7 Å². The van der Waals surface area contributed by atoms with E-state index in [9.17, 15) is 0 Å². The third-order valence-electron chi connectivity index (χ3n) is 4.18. The molecule has 7 heteroatoms. The molecule has 0 spiro atoms. The van der Waals surface area contributed by atoms with Crippen molar-refractivity contribution in [1.82, 2.24) is 24.6 Å². The molecular formula is C13H21N7. The molecule has 0 atom stereocenters. The lowest BCUT2D eigenvalue weighted by Gasteiger charge is -2.30. The summed E-state index contributed by atoms with van der Waals surface area (Å²) in [5.74, 6) is 6.98. The standard InChI is InChI=1S/C13H21N7/c1-13(2)5-4-6-20(13)8-10-16-11(18-14)9-7-15-19(3)12(9)17-10/h7H,4-6,8,14H2,1-3H3,(H,16,17,18).